The number of hydrogen-bond donors (Lipinski definition) is 2. The van der Waals surface area contributed by atoms with Crippen LogP contribution in [-0.2, 0) is 11.2 Å². The van der Waals surface area contributed by atoms with E-state index in [1.54, 1.807) is 0 Å². The number of aromatic nitrogens is 1. The van der Waals surface area contributed by atoms with Crippen LogP contribution in [0.25, 0.3) is 0 Å². The summed E-state index contributed by atoms with van der Waals surface area (Å²) >= 11 is 1.50. The Bertz CT molecular complexity index is 373. The van der Waals surface area contributed by atoms with Crippen LogP contribution in [0.3, 0.4) is 0 Å². The molecule has 1 atom stereocenters. The summed E-state index contributed by atoms with van der Waals surface area (Å²) in [4.78, 5) is 17.2. The fourth-order valence-corrected chi connectivity index (χ4v) is 2.21. The second kappa shape index (κ2) is 5.41. The number of nitrogens with zero attached hydrogens (tertiary/aromatic N) is 1. The van der Waals surface area contributed by atoms with Gasteiger partial charge in [-0.3, -0.25) is 4.79 Å². The molecule has 4 nitrogen and oxygen atoms in total. The van der Waals surface area contributed by atoms with E-state index in [2.05, 4.69) is 10.3 Å². The van der Waals surface area contributed by atoms with E-state index < -0.39 is 6.04 Å². The van der Waals surface area contributed by atoms with Crippen molar-refractivity contribution in [3.63, 3.8) is 0 Å². The molecule has 1 aromatic heterocycles. The van der Waals surface area contributed by atoms with Crippen molar-refractivity contribution in [1.82, 2.24) is 4.98 Å². The molecule has 1 amide bonds. The minimum absolute atomic E-state index is 0.131. The minimum atomic E-state index is -0.478. The maximum Gasteiger partial charge on any atom is 0.243 e. The van der Waals surface area contributed by atoms with E-state index in [1.165, 1.54) is 11.3 Å². The topological polar surface area (TPSA) is 68.0 Å². The van der Waals surface area contributed by atoms with Gasteiger partial charge in [-0.1, -0.05) is 20.8 Å². The molecule has 5 heteroatoms. The summed E-state index contributed by atoms with van der Waals surface area (Å²) in [6.07, 6.45) is 0.883. The number of anilines is 1. The standard InChI is InChI=1S/C11H19N3OS/c1-5-8-7(4)16-11(13-8)14-10(15)9(12)6(2)3/h6,9H,5,12H2,1-4H3,(H,13,14,15)/t9-/m1/s1. The molecule has 0 aliphatic carbocycles. The molecule has 0 aliphatic heterocycles. The van der Waals surface area contributed by atoms with Crippen LogP contribution >= 0.6 is 11.3 Å². The van der Waals surface area contributed by atoms with Crippen LogP contribution in [-0.4, -0.2) is 16.9 Å². The number of aryl methyl sites for hydroxylation is 2. The fraction of sp³-hybridized carbons (Fsp3) is 0.636. The van der Waals surface area contributed by atoms with Crippen molar-refractivity contribution in [2.75, 3.05) is 5.32 Å². The lowest BCUT2D eigenvalue weighted by Gasteiger charge is -2.13. The highest BCUT2D eigenvalue weighted by Gasteiger charge is 2.18. The first-order valence-corrected chi connectivity index (χ1v) is 6.30. The largest absolute Gasteiger partial charge is 0.320 e. The van der Waals surface area contributed by atoms with Crippen LogP contribution in [0.1, 0.15) is 31.3 Å². The molecule has 1 rings (SSSR count). The van der Waals surface area contributed by atoms with E-state index in [9.17, 15) is 4.79 Å². The maximum absolute atomic E-state index is 11.7. The van der Waals surface area contributed by atoms with Gasteiger partial charge in [0.15, 0.2) is 5.13 Å². The first-order chi connectivity index (χ1) is 7.45. The van der Waals surface area contributed by atoms with Gasteiger partial charge >= 0.3 is 0 Å². The predicted molar refractivity (Wildman–Crippen MR) is 67.7 cm³/mol. The molecular weight excluding hydrogens is 222 g/mol. The zero-order valence-electron chi connectivity index (χ0n) is 10.2. The van der Waals surface area contributed by atoms with Gasteiger partial charge < -0.3 is 11.1 Å². The highest BCUT2D eigenvalue weighted by Crippen LogP contribution is 2.22. The van der Waals surface area contributed by atoms with Gasteiger partial charge in [-0.15, -0.1) is 11.3 Å². The number of carbonyl (C=O) groups excluding carboxylic acids is 1. The number of nitrogens with two attached hydrogens (primary N) is 1. The van der Waals surface area contributed by atoms with Crippen molar-refractivity contribution >= 4 is 22.4 Å². The molecule has 1 aromatic rings. The molecule has 0 aliphatic rings. The second-order valence-electron chi connectivity index (χ2n) is 4.13. The zero-order chi connectivity index (χ0) is 12.3. The Balaban J connectivity index is 2.70. The highest BCUT2D eigenvalue weighted by atomic mass is 32.1. The first-order valence-electron chi connectivity index (χ1n) is 5.48. The molecule has 0 aromatic carbocycles. The molecule has 3 N–H and O–H groups in total. The van der Waals surface area contributed by atoms with Crippen LogP contribution in [0, 0.1) is 12.8 Å². The molecule has 0 saturated heterocycles. The van der Waals surface area contributed by atoms with Crippen molar-refractivity contribution in [3.8, 4) is 0 Å². The van der Waals surface area contributed by atoms with Crippen LogP contribution in [0.4, 0.5) is 5.13 Å². The summed E-state index contributed by atoms with van der Waals surface area (Å²) in [5.41, 5.74) is 6.79. The van der Waals surface area contributed by atoms with E-state index in [0.29, 0.717) is 5.13 Å². The third-order valence-corrected chi connectivity index (χ3v) is 3.41. The normalized spacial score (nSPS) is 12.9. The molecule has 0 spiro atoms. The number of carbonyl (C=O) groups is 1. The van der Waals surface area contributed by atoms with Crippen LogP contribution in [0.15, 0.2) is 0 Å². The quantitative estimate of drug-likeness (QED) is 0.846. The van der Waals surface area contributed by atoms with Gasteiger partial charge in [0.2, 0.25) is 5.91 Å². The fourth-order valence-electron chi connectivity index (χ4n) is 1.30. The van der Waals surface area contributed by atoms with Gasteiger partial charge in [0, 0.05) is 4.88 Å². The van der Waals surface area contributed by atoms with Crippen LogP contribution < -0.4 is 11.1 Å². The molecular formula is C11H19N3OS. The first kappa shape index (κ1) is 13.1. The Morgan fingerprint density at radius 1 is 1.56 bits per heavy atom. The third-order valence-electron chi connectivity index (χ3n) is 2.48. The van der Waals surface area contributed by atoms with Gasteiger partial charge in [0.05, 0.1) is 11.7 Å². The van der Waals surface area contributed by atoms with Gasteiger partial charge in [0.25, 0.3) is 0 Å². The average Bonchev–Trinajstić information content (AvgIpc) is 2.57. The number of amides is 1. The predicted octanol–water partition coefficient (Wildman–Crippen LogP) is 1.94. The molecule has 16 heavy (non-hydrogen) atoms. The lowest BCUT2D eigenvalue weighted by molar-refractivity contribution is -0.118. The highest BCUT2D eigenvalue weighted by molar-refractivity contribution is 7.15. The van der Waals surface area contributed by atoms with Crippen molar-refractivity contribution < 1.29 is 4.79 Å². The summed E-state index contributed by atoms with van der Waals surface area (Å²) in [5, 5.41) is 3.41. The van der Waals surface area contributed by atoms with Gasteiger partial charge in [-0.05, 0) is 19.3 Å². The monoisotopic (exact) mass is 241 g/mol. The van der Waals surface area contributed by atoms with E-state index in [-0.39, 0.29) is 11.8 Å². The van der Waals surface area contributed by atoms with Crippen molar-refractivity contribution in [2.45, 2.75) is 40.2 Å². The maximum atomic E-state index is 11.7. The summed E-state index contributed by atoms with van der Waals surface area (Å²) in [5.74, 6) is -0.0295. The SMILES string of the molecule is CCc1nc(NC(=O)[C@H](N)C(C)C)sc1C. The Labute approximate surface area is 100 Å². The minimum Gasteiger partial charge on any atom is -0.320 e. The Morgan fingerprint density at radius 2 is 2.19 bits per heavy atom. The molecule has 0 radical (unpaired) electrons. The Hall–Kier alpha value is -0.940. The van der Waals surface area contributed by atoms with Gasteiger partial charge in [-0.25, -0.2) is 4.98 Å². The van der Waals surface area contributed by atoms with E-state index in [1.807, 2.05) is 27.7 Å². The van der Waals surface area contributed by atoms with E-state index >= 15 is 0 Å². The molecule has 0 unspecified atom stereocenters. The van der Waals surface area contributed by atoms with Crippen molar-refractivity contribution in [1.29, 1.82) is 0 Å². The lowest BCUT2D eigenvalue weighted by atomic mass is 10.1. The zero-order valence-corrected chi connectivity index (χ0v) is 11.0. The van der Waals surface area contributed by atoms with Crippen molar-refractivity contribution in [2.24, 2.45) is 11.7 Å². The van der Waals surface area contributed by atoms with E-state index in [0.717, 1.165) is 17.0 Å². The average molecular weight is 241 g/mol. The lowest BCUT2D eigenvalue weighted by Crippen LogP contribution is -2.39. The summed E-state index contributed by atoms with van der Waals surface area (Å²) in [6.45, 7) is 7.91. The van der Waals surface area contributed by atoms with Gasteiger partial charge in [-0.2, -0.15) is 0 Å². The Morgan fingerprint density at radius 3 is 2.62 bits per heavy atom. The van der Waals surface area contributed by atoms with Crippen molar-refractivity contribution in [3.05, 3.63) is 10.6 Å². The third kappa shape index (κ3) is 3.02. The number of thiazole rings is 1. The molecule has 90 valence electrons. The number of hydrogen-bond acceptors (Lipinski definition) is 4. The summed E-state index contributed by atoms with van der Waals surface area (Å²) in [7, 11) is 0. The molecule has 0 fully saturated rings. The van der Waals surface area contributed by atoms with E-state index in [4.69, 9.17) is 5.73 Å². The molecule has 0 saturated carbocycles. The van der Waals surface area contributed by atoms with Gasteiger partial charge in [0.1, 0.15) is 0 Å². The smallest absolute Gasteiger partial charge is 0.243 e. The van der Waals surface area contributed by atoms with Crippen LogP contribution in [0.5, 0.6) is 0 Å². The number of nitrogens with one attached hydrogen (secondary N) is 1. The molecule has 0 bridgehead atoms. The Kier molecular flexibility index (Phi) is 4.44. The number of rotatable bonds is 4. The molecule has 1 heterocycles. The summed E-state index contributed by atoms with van der Waals surface area (Å²) < 4.78 is 0. The second-order valence-corrected chi connectivity index (χ2v) is 5.34. The van der Waals surface area contributed by atoms with Crippen LogP contribution in [0.2, 0.25) is 0 Å². The summed E-state index contributed by atoms with van der Waals surface area (Å²) in [6, 6.07) is -0.478.